The third kappa shape index (κ3) is 3.69. The molecule has 3 aromatic rings. The van der Waals surface area contributed by atoms with Crippen LogP contribution in [0, 0.1) is 17.2 Å². The van der Waals surface area contributed by atoms with Crippen LogP contribution in [0.1, 0.15) is 31.4 Å². The molecule has 0 amide bonds. The van der Waals surface area contributed by atoms with Crippen molar-refractivity contribution in [3.63, 3.8) is 0 Å². The lowest BCUT2D eigenvalue weighted by molar-refractivity contribution is 0.311. The van der Waals surface area contributed by atoms with Crippen molar-refractivity contribution in [2.24, 2.45) is 5.92 Å². The van der Waals surface area contributed by atoms with E-state index >= 15 is 0 Å². The predicted octanol–water partition coefficient (Wildman–Crippen LogP) is 2.74. The summed E-state index contributed by atoms with van der Waals surface area (Å²) in [6.45, 7) is 0.929. The van der Waals surface area contributed by atoms with Gasteiger partial charge in [-0.05, 0) is 55.9 Å². The molecule has 5 heterocycles. The Balaban J connectivity index is 1.27. The molecule has 2 saturated heterocycles. The van der Waals surface area contributed by atoms with Crippen molar-refractivity contribution in [1.29, 1.82) is 5.26 Å². The second-order valence-electron chi connectivity index (χ2n) is 7.85. The van der Waals surface area contributed by atoms with Gasteiger partial charge in [-0.3, -0.25) is 5.10 Å². The van der Waals surface area contributed by atoms with Crippen molar-refractivity contribution in [3.8, 4) is 28.6 Å². The SMILES string of the molecule is N#Cc1nc(-c2ccc(NCC3CC4CCC(C3)N4)nn2)ccc1-c1cn[nH]c1. The van der Waals surface area contributed by atoms with Gasteiger partial charge >= 0.3 is 0 Å². The molecule has 0 aliphatic carbocycles. The van der Waals surface area contributed by atoms with Crippen LogP contribution in [0.15, 0.2) is 36.7 Å². The summed E-state index contributed by atoms with van der Waals surface area (Å²) >= 11 is 0. The van der Waals surface area contributed by atoms with Gasteiger partial charge in [-0.25, -0.2) is 4.98 Å². The molecule has 8 heteroatoms. The maximum absolute atomic E-state index is 9.47. The first-order valence-electron chi connectivity index (χ1n) is 10.0. The fourth-order valence-corrected chi connectivity index (χ4v) is 4.47. The van der Waals surface area contributed by atoms with Gasteiger partial charge in [-0.15, -0.1) is 10.2 Å². The van der Waals surface area contributed by atoms with Crippen LogP contribution in [0.3, 0.4) is 0 Å². The Kier molecular flexibility index (Phi) is 4.66. The van der Waals surface area contributed by atoms with Gasteiger partial charge in [0.2, 0.25) is 0 Å². The van der Waals surface area contributed by atoms with E-state index in [0.29, 0.717) is 35.1 Å². The van der Waals surface area contributed by atoms with Crippen molar-refractivity contribution in [1.82, 2.24) is 30.7 Å². The molecule has 2 unspecified atom stereocenters. The second-order valence-corrected chi connectivity index (χ2v) is 7.85. The van der Waals surface area contributed by atoms with E-state index < -0.39 is 0 Å². The molecule has 3 aromatic heterocycles. The summed E-state index contributed by atoms with van der Waals surface area (Å²) in [5, 5.41) is 31.9. The van der Waals surface area contributed by atoms with Gasteiger partial charge in [0, 0.05) is 36.0 Å². The van der Waals surface area contributed by atoms with Crippen LogP contribution in [0.2, 0.25) is 0 Å². The largest absolute Gasteiger partial charge is 0.368 e. The van der Waals surface area contributed by atoms with Gasteiger partial charge in [0.15, 0.2) is 0 Å². The Morgan fingerprint density at radius 3 is 2.59 bits per heavy atom. The van der Waals surface area contributed by atoms with E-state index in [1.165, 1.54) is 25.7 Å². The zero-order chi connectivity index (χ0) is 19.6. The maximum Gasteiger partial charge on any atom is 0.149 e. The van der Waals surface area contributed by atoms with Gasteiger partial charge in [-0.2, -0.15) is 10.4 Å². The summed E-state index contributed by atoms with van der Waals surface area (Å²) < 4.78 is 0. The molecule has 0 radical (unpaired) electrons. The maximum atomic E-state index is 9.47. The third-order valence-electron chi connectivity index (χ3n) is 5.88. The number of aromatic nitrogens is 5. The van der Waals surface area contributed by atoms with Crippen molar-refractivity contribution >= 4 is 5.82 Å². The van der Waals surface area contributed by atoms with Gasteiger partial charge in [0.1, 0.15) is 23.3 Å². The Bertz CT molecular complexity index is 1010. The van der Waals surface area contributed by atoms with Crippen LogP contribution in [0.5, 0.6) is 0 Å². The molecule has 29 heavy (non-hydrogen) atoms. The van der Waals surface area contributed by atoms with Crippen LogP contribution in [-0.4, -0.2) is 44.0 Å². The molecule has 2 aliphatic heterocycles. The molecule has 8 nitrogen and oxygen atoms in total. The number of nitrogens with one attached hydrogen (secondary N) is 3. The van der Waals surface area contributed by atoms with Crippen molar-refractivity contribution in [2.75, 3.05) is 11.9 Å². The topological polar surface area (TPSA) is 115 Å². The lowest BCUT2D eigenvalue weighted by Crippen LogP contribution is -2.40. The Morgan fingerprint density at radius 1 is 1.07 bits per heavy atom. The molecular formula is C21H22N8. The molecule has 5 rings (SSSR count). The summed E-state index contributed by atoms with van der Waals surface area (Å²) in [5.41, 5.74) is 3.19. The lowest BCUT2D eigenvalue weighted by atomic mass is 9.92. The number of pyridine rings is 1. The normalized spacial score (nSPS) is 22.9. The standard InChI is InChI=1S/C21H22N8/c22-9-20-17(14-11-24-25-12-14)3-4-18(27-20)19-5-6-21(29-28-19)23-10-13-7-15-1-2-16(8-13)26-15/h3-6,11-13,15-16,26H,1-2,7-8,10H2,(H,23,29)(H,24,25). The van der Waals surface area contributed by atoms with Gasteiger partial charge in [0.05, 0.1) is 11.9 Å². The number of anilines is 1. The molecule has 146 valence electrons. The number of aromatic amines is 1. The number of nitriles is 1. The first kappa shape index (κ1) is 17.8. The zero-order valence-electron chi connectivity index (χ0n) is 16.0. The highest BCUT2D eigenvalue weighted by atomic mass is 15.2. The summed E-state index contributed by atoms with van der Waals surface area (Å²) in [7, 11) is 0. The average molecular weight is 386 g/mol. The van der Waals surface area contributed by atoms with Crippen LogP contribution in [0.4, 0.5) is 5.82 Å². The Labute approximate surface area is 168 Å². The first-order chi connectivity index (χ1) is 14.3. The summed E-state index contributed by atoms with van der Waals surface area (Å²) in [6, 6.07) is 11.1. The monoisotopic (exact) mass is 386 g/mol. The molecule has 3 N–H and O–H groups in total. The fraction of sp³-hybridized carbons (Fsp3) is 0.381. The van der Waals surface area contributed by atoms with E-state index in [0.717, 1.165) is 23.5 Å². The number of fused-ring (bicyclic) bond motifs is 2. The highest BCUT2D eigenvalue weighted by Gasteiger charge is 2.33. The molecule has 0 aromatic carbocycles. The quantitative estimate of drug-likeness (QED) is 0.617. The van der Waals surface area contributed by atoms with Crippen LogP contribution >= 0.6 is 0 Å². The first-order valence-corrected chi connectivity index (χ1v) is 10.0. The number of nitrogens with zero attached hydrogens (tertiary/aromatic N) is 5. The van der Waals surface area contributed by atoms with Gasteiger partial charge in [-0.1, -0.05) is 0 Å². The Morgan fingerprint density at radius 2 is 1.90 bits per heavy atom. The molecular weight excluding hydrogens is 364 g/mol. The van der Waals surface area contributed by atoms with E-state index in [9.17, 15) is 5.26 Å². The summed E-state index contributed by atoms with van der Waals surface area (Å²) in [6.07, 6.45) is 8.51. The number of hydrogen-bond donors (Lipinski definition) is 3. The molecule has 0 saturated carbocycles. The smallest absolute Gasteiger partial charge is 0.149 e. The number of rotatable bonds is 5. The highest BCUT2D eigenvalue weighted by Crippen LogP contribution is 2.31. The van der Waals surface area contributed by atoms with E-state index in [-0.39, 0.29) is 0 Å². The third-order valence-corrected chi connectivity index (χ3v) is 5.88. The highest BCUT2D eigenvalue weighted by molar-refractivity contribution is 5.70. The van der Waals surface area contributed by atoms with Crippen LogP contribution in [0.25, 0.3) is 22.5 Å². The molecule has 2 fully saturated rings. The number of piperidine rings is 1. The van der Waals surface area contributed by atoms with Crippen LogP contribution < -0.4 is 10.6 Å². The number of hydrogen-bond acceptors (Lipinski definition) is 7. The second kappa shape index (κ2) is 7.60. The average Bonchev–Trinajstić information content (AvgIpc) is 3.42. The molecule has 0 spiro atoms. The Hall–Kier alpha value is -3.31. The minimum atomic E-state index is 0.341. The van der Waals surface area contributed by atoms with E-state index in [2.05, 4.69) is 42.1 Å². The van der Waals surface area contributed by atoms with E-state index in [1.54, 1.807) is 12.4 Å². The summed E-state index contributed by atoms with van der Waals surface area (Å²) in [4.78, 5) is 4.46. The minimum absolute atomic E-state index is 0.341. The van der Waals surface area contributed by atoms with Crippen molar-refractivity contribution in [2.45, 2.75) is 37.8 Å². The van der Waals surface area contributed by atoms with Crippen molar-refractivity contribution in [3.05, 3.63) is 42.4 Å². The summed E-state index contributed by atoms with van der Waals surface area (Å²) in [5.74, 6) is 1.46. The minimum Gasteiger partial charge on any atom is -0.368 e. The lowest BCUT2D eigenvalue weighted by Gasteiger charge is -2.29. The number of H-pyrrole nitrogens is 1. The molecule has 2 atom stereocenters. The van der Waals surface area contributed by atoms with Crippen LogP contribution in [-0.2, 0) is 0 Å². The predicted molar refractivity (Wildman–Crippen MR) is 109 cm³/mol. The molecule has 2 aliphatic rings. The fourth-order valence-electron chi connectivity index (χ4n) is 4.47. The zero-order valence-corrected chi connectivity index (χ0v) is 16.0. The van der Waals surface area contributed by atoms with Crippen molar-refractivity contribution < 1.29 is 0 Å². The van der Waals surface area contributed by atoms with Gasteiger partial charge in [0.25, 0.3) is 0 Å². The van der Waals surface area contributed by atoms with Gasteiger partial charge < -0.3 is 10.6 Å². The van der Waals surface area contributed by atoms with E-state index in [1.807, 2.05) is 24.3 Å². The van der Waals surface area contributed by atoms with E-state index in [4.69, 9.17) is 0 Å². The molecule has 2 bridgehead atoms.